The zero-order chi connectivity index (χ0) is 12.7. The average Bonchev–Trinajstić information content (AvgIpc) is 2.31. The van der Waals surface area contributed by atoms with E-state index in [1.54, 1.807) is 32.1 Å². The van der Waals surface area contributed by atoms with Crippen LogP contribution < -0.4 is 5.32 Å². The van der Waals surface area contributed by atoms with Crippen molar-refractivity contribution in [2.24, 2.45) is 35.5 Å². The average molecular weight is 249 g/mol. The third-order valence-corrected chi connectivity index (χ3v) is 6.19. The van der Waals surface area contributed by atoms with Crippen molar-refractivity contribution in [3.8, 4) is 0 Å². The summed E-state index contributed by atoms with van der Waals surface area (Å²) in [6, 6.07) is 0.808. The predicted octanol–water partition coefficient (Wildman–Crippen LogP) is 4.08. The van der Waals surface area contributed by atoms with Gasteiger partial charge in [0.15, 0.2) is 0 Å². The first kappa shape index (κ1) is 13.0. The van der Waals surface area contributed by atoms with Gasteiger partial charge >= 0.3 is 0 Å². The summed E-state index contributed by atoms with van der Waals surface area (Å²) >= 11 is 0. The second kappa shape index (κ2) is 5.15. The maximum Gasteiger partial charge on any atom is 0.00977 e. The molecule has 1 nitrogen and oxygen atoms in total. The van der Waals surface area contributed by atoms with Gasteiger partial charge in [0.25, 0.3) is 0 Å². The minimum atomic E-state index is 0.808. The number of rotatable bonds is 5. The molecule has 0 radical (unpaired) electrons. The van der Waals surface area contributed by atoms with Crippen LogP contribution in [0.1, 0.15) is 58.8 Å². The second-order valence-corrected chi connectivity index (χ2v) is 7.87. The Morgan fingerprint density at radius 1 is 0.889 bits per heavy atom. The molecule has 0 aromatic heterocycles. The van der Waals surface area contributed by atoms with Crippen molar-refractivity contribution in [2.75, 3.05) is 7.05 Å². The van der Waals surface area contributed by atoms with Gasteiger partial charge in [0.2, 0.25) is 0 Å². The summed E-state index contributed by atoms with van der Waals surface area (Å²) in [6.07, 6.45) is 10.6. The number of nitrogens with one attached hydrogen (secondary N) is 1. The molecule has 0 aliphatic heterocycles. The summed E-state index contributed by atoms with van der Waals surface area (Å²) in [6.45, 7) is 4.73. The quantitative estimate of drug-likeness (QED) is 0.774. The summed E-state index contributed by atoms with van der Waals surface area (Å²) in [5.74, 6) is 6.26. The van der Waals surface area contributed by atoms with E-state index in [9.17, 15) is 0 Å². The molecule has 1 N–H and O–H groups in total. The maximum atomic E-state index is 3.69. The lowest BCUT2D eigenvalue weighted by Crippen LogP contribution is -2.52. The smallest absolute Gasteiger partial charge is 0.00977 e. The van der Waals surface area contributed by atoms with Crippen LogP contribution in [0.4, 0.5) is 0 Å². The van der Waals surface area contributed by atoms with E-state index in [0.717, 1.165) is 41.5 Å². The first-order valence-electron chi connectivity index (χ1n) is 8.34. The van der Waals surface area contributed by atoms with Gasteiger partial charge in [-0.2, -0.15) is 0 Å². The molecule has 1 heteroatoms. The van der Waals surface area contributed by atoms with Crippen molar-refractivity contribution in [1.29, 1.82) is 0 Å². The van der Waals surface area contributed by atoms with E-state index in [1.807, 2.05) is 0 Å². The summed E-state index contributed by atoms with van der Waals surface area (Å²) in [4.78, 5) is 0. The molecule has 1 atom stereocenters. The zero-order valence-corrected chi connectivity index (χ0v) is 12.5. The fraction of sp³-hybridized carbons (Fsp3) is 1.00. The van der Waals surface area contributed by atoms with E-state index in [0.29, 0.717) is 0 Å². The Kier molecular flexibility index (Phi) is 3.71. The molecule has 0 amide bonds. The van der Waals surface area contributed by atoms with Gasteiger partial charge in [-0.3, -0.25) is 0 Å². The highest BCUT2D eigenvalue weighted by molar-refractivity contribution is 5.01. The molecule has 0 aromatic rings. The fourth-order valence-corrected chi connectivity index (χ4v) is 5.67. The van der Waals surface area contributed by atoms with Gasteiger partial charge in [-0.1, -0.05) is 13.8 Å². The summed E-state index contributed by atoms with van der Waals surface area (Å²) in [5.41, 5.74) is 0. The lowest BCUT2D eigenvalue weighted by Gasteiger charge is -2.56. The molecule has 104 valence electrons. The van der Waals surface area contributed by atoms with Crippen molar-refractivity contribution in [3.05, 3.63) is 0 Å². The Morgan fingerprint density at radius 3 is 1.89 bits per heavy atom. The standard InChI is InChI=1S/C17H31N/c1-11(2)4-5-16(18-3)17-14-7-12-6-13(9-14)10-15(17)8-12/h11-18H,4-10H2,1-3H3. The van der Waals surface area contributed by atoms with Gasteiger partial charge in [-0.15, -0.1) is 0 Å². The lowest BCUT2D eigenvalue weighted by molar-refractivity contribution is -0.0524. The van der Waals surface area contributed by atoms with Crippen LogP contribution >= 0.6 is 0 Å². The van der Waals surface area contributed by atoms with Gasteiger partial charge < -0.3 is 5.32 Å². The van der Waals surface area contributed by atoms with E-state index < -0.39 is 0 Å². The van der Waals surface area contributed by atoms with Crippen molar-refractivity contribution in [1.82, 2.24) is 5.32 Å². The Balaban J connectivity index is 1.67. The monoisotopic (exact) mass is 249 g/mol. The van der Waals surface area contributed by atoms with E-state index >= 15 is 0 Å². The van der Waals surface area contributed by atoms with Crippen molar-refractivity contribution in [3.63, 3.8) is 0 Å². The Labute approximate surface area is 113 Å². The molecular formula is C17H31N. The SMILES string of the molecule is CNC(CCC(C)C)C1C2CC3CC(C2)CC1C3. The highest BCUT2D eigenvalue weighted by Gasteiger charge is 2.49. The minimum Gasteiger partial charge on any atom is -0.317 e. The topological polar surface area (TPSA) is 12.0 Å². The van der Waals surface area contributed by atoms with Crippen molar-refractivity contribution >= 4 is 0 Å². The highest BCUT2D eigenvalue weighted by Crippen LogP contribution is 2.57. The first-order chi connectivity index (χ1) is 8.67. The Hall–Kier alpha value is -0.0400. The van der Waals surface area contributed by atoms with E-state index in [4.69, 9.17) is 0 Å². The lowest BCUT2D eigenvalue weighted by atomic mass is 9.50. The molecule has 4 aliphatic carbocycles. The third-order valence-electron chi connectivity index (χ3n) is 6.19. The Morgan fingerprint density at radius 2 is 1.44 bits per heavy atom. The third kappa shape index (κ3) is 2.35. The number of hydrogen-bond acceptors (Lipinski definition) is 1. The van der Waals surface area contributed by atoms with Crippen LogP contribution in [-0.2, 0) is 0 Å². The molecule has 0 heterocycles. The van der Waals surface area contributed by atoms with Crippen LogP contribution in [0.2, 0.25) is 0 Å². The van der Waals surface area contributed by atoms with Crippen LogP contribution in [0.25, 0.3) is 0 Å². The van der Waals surface area contributed by atoms with Crippen molar-refractivity contribution in [2.45, 2.75) is 64.8 Å². The molecular weight excluding hydrogens is 218 g/mol. The molecule has 0 spiro atoms. The van der Waals surface area contributed by atoms with Gasteiger partial charge in [0.05, 0.1) is 0 Å². The second-order valence-electron chi connectivity index (χ2n) is 7.87. The summed E-state index contributed by atoms with van der Waals surface area (Å²) in [7, 11) is 2.20. The predicted molar refractivity (Wildman–Crippen MR) is 77.5 cm³/mol. The molecule has 0 saturated heterocycles. The first-order valence-corrected chi connectivity index (χ1v) is 8.34. The fourth-order valence-electron chi connectivity index (χ4n) is 5.67. The van der Waals surface area contributed by atoms with E-state index in [2.05, 4.69) is 26.2 Å². The molecule has 4 rings (SSSR count). The van der Waals surface area contributed by atoms with E-state index in [1.165, 1.54) is 12.8 Å². The van der Waals surface area contributed by atoms with E-state index in [-0.39, 0.29) is 0 Å². The number of hydrogen-bond donors (Lipinski definition) is 1. The van der Waals surface area contributed by atoms with Crippen LogP contribution in [0.5, 0.6) is 0 Å². The zero-order valence-electron chi connectivity index (χ0n) is 12.5. The highest BCUT2D eigenvalue weighted by atomic mass is 14.9. The molecule has 18 heavy (non-hydrogen) atoms. The summed E-state index contributed by atoms with van der Waals surface area (Å²) in [5, 5.41) is 3.69. The van der Waals surface area contributed by atoms with Crippen LogP contribution in [0, 0.1) is 35.5 Å². The molecule has 4 saturated carbocycles. The molecule has 4 aliphatic rings. The molecule has 0 aromatic carbocycles. The molecule has 4 bridgehead atoms. The van der Waals surface area contributed by atoms with Gasteiger partial charge in [-0.05, 0) is 87.5 Å². The van der Waals surface area contributed by atoms with Crippen molar-refractivity contribution < 1.29 is 0 Å². The molecule has 4 fully saturated rings. The molecule has 1 unspecified atom stereocenters. The minimum absolute atomic E-state index is 0.808. The summed E-state index contributed by atoms with van der Waals surface area (Å²) < 4.78 is 0. The Bertz CT molecular complexity index is 255. The maximum absolute atomic E-state index is 3.69. The van der Waals surface area contributed by atoms with Crippen LogP contribution in [0.15, 0.2) is 0 Å². The van der Waals surface area contributed by atoms with Crippen LogP contribution in [-0.4, -0.2) is 13.1 Å². The van der Waals surface area contributed by atoms with Gasteiger partial charge in [-0.25, -0.2) is 0 Å². The van der Waals surface area contributed by atoms with Gasteiger partial charge in [0.1, 0.15) is 0 Å². The largest absolute Gasteiger partial charge is 0.317 e. The normalized spacial score (nSPS) is 43.7. The van der Waals surface area contributed by atoms with Crippen LogP contribution in [0.3, 0.4) is 0 Å². The van der Waals surface area contributed by atoms with Gasteiger partial charge in [0, 0.05) is 6.04 Å².